The fraction of sp³-hybridized carbons (Fsp3) is 0.0625. The fourth-order valence-corrected chi connectivity index (χ4v) is 1.85. The number of hydrogen-bond acceptors (Lipinski definition) is 2. The maximum Gasteiger partial charge on any atom is 0.248 e. The standard InChI is InChI=1S/C16H14ClNO2/c1-20-15-11-13(8-9-14(15)17)18-16(19)10-7-12-5-3-2-4-6-12/h2-11H,1H3,(H,18,19)/b10-7+. The summed E-state index contributed by atoms with van der Waals surface area (Å²) in [4.78, 5) is 11.8. The molecule has 4 heteroatoms. The Morgan fingerprint density at radius 1 is 1.20 bits per heavy atom. The minimum absolute atomic E-state index is 0.210. The van der Waals surface area contributed by atoms with Crippen molar-refractivity contribution in [1.29, 1.82) is 0 Å². The van der Waals surface area contributed by atoms with E-state index in [1.165, 1.54) is 13.2 Å². The number of halogens is 1. The summed E-state index contributed by atoms with van der Waals surface area (Å²) in [6, 6.07) is 14.7. The number of anilines is 1. The summed E-state index contributed by atoms with van der Waals surface area (Å²) in [5.74, 6) is 0.315. The highest BCUT2D eigenvalue weighted by atomic mass is 35.5. The molecule has 0 saturated carbocycles. The maximum absolute atomic E-state index is 11.8. The quantitative estimate of drug-likeness (QED) is 0.863. The van der Waals surface area contributed by atoms with Crippen LogP contribution in [0.4, 0.5) is 5.69 Å². The van der Waals surface area contributed by atoms with Gasteiger partial charge < -0.3 is 10.1 Å². The summed E-state index contributed by atoms with van der Waals surface area (Å²) in [6.45, 7) is 0. The van der Waals surface area contributed by atoms with Gasteiger partial charge in [0.15, 0.2) is 0 Å². The fourth-order valence-electron chi connectivity index (χ4n) is 1.66. The van der Waals surface area contributed by atoms with Crippen molar-refractivity contribution in [1.82, 2.24) is 0 Å². The van der Waals surface area contributed by atoms with Crippen molar-refractivity contribution >= 4 is 29.3 Å². The molecule has 3 nitrogen and oxygen atoms in total. The first kappa shape index (κ1) is 14.2. The van der Waals surface area contributed by atoms with Gasteiger partial charge in [0.1, 0.15) is 5.75 Å². The Morgan fingerprint density at radius 3 is 2.65 bits per heavy atom. The van der Waals surface area contributed by atoms with Crippen molar-refractivity contribution in [2.75, 3.05) is 12.4 Å². The summed E-state index contributed by atoms with van der Waals surface area (Å²) in [7, 11) is 1.53. The van der Waals surface area contributed by atoms with E-state index in [0.717, 1.165) is 5.56 Å². The van der Waals surface area contributed by atoms with Crippen molar-refractivity contribution < 1.29 is 9.53 Å². The lowest BCUT2D eigenvalue weighted by Gasteiger charge is -2.06. The predicted octanol–water partition coefficient (Wildman–Crippen LogP) is 4.00. The zero-order valence-corrected chi connectivity index (χ0v) is 11.7. The van der Waals surface area contributed by atoms with Crippen molar-refractivity contribution in [2.45, 2.75) is 0 Å². The molecule has 2 aromatic rings. The van der Waals surface area contributed by atoms with Crippen LogP contribution in [0.2, 0.25) is 5.02 Å². The average Bonchev–Trinajstić information content (AvgIpc) is 2.48. The van der Waals surface area contributed by atoms with Crippen LogP contribution >= 0.6 is 11.6 Å². The van der Waals surface area contributed by atoms with Crippen LogP contribution in [0.25, 0.3) is 6.08 Å². The highest BCUT2D eigenvalue weighted by Crippen LogP contribution is 2.27. The van der Waals surface area contributed by atoms with Gasteiger partial charge in [-0.2, -0.15) is 0 Å². The highest BCUT2D eigenvalue weighted by molar-refractivity contribution is 6.32. The molecule has 1 amide bonds. The first-order valence-electron chi connectivity index (χ1n) is 6.06. The number of ether oxygens (including phenoxy) is 1. The molecule has 0 aliphatic rings. The van der Waals surface area contributed by atoms with E-state index in [4.69, 9.17) is 16.3 Å². The van der Waals surface area contributed by atoms with Crippen LogP contribution in [0, 0.1) is 0 Å². The van der Waals surface area contributed by atoms with Gasteiger partial charge in [-0.15, -0.1) is 0 Å². The largest absolute Gasteiger partial charge is 0.495 e. The number of carbonyl (C=O) groups is 1. The second-order valence-corrected chi connectivity index (χ2v) is 4.49. The minimum atomic E-state index is -0.210. The molecule has 0 heterocycles. The van der Waals surface area contributed by atoms with Gasteiger partial charge >= 0.3 is 0 Å². The first-order chi connectivity index (χ1) is 9.69. The Bertz CT molecular complexity index is 624. The lowest BCUT2D eigenvalue weighted by Crippen LogP contribution is -2.07. The third-order valence-corrected chi connectivity index (χ3v) is 2.96. The molecule has 0 unspecified atom stereocenters. The summed E-state index contributed by atoms with van der Waals surface area (Å²) >= 11 is 5.92. The highest BCUT2D eigenvalue weighted by Gasteiger charge is 2.03. The molecule has 0 bridgehead atoms. The van der Waals surface area contributed by atoms with Crippen molar-refractivity contribution in [3.63, 3.8) is 0 Å². The molecule has 0 atom stereocenters. The Morgan fingerprint density at radius 2 is 1.95 bits per heavy atom. The SMILES string of the molecule is COc1cc(NC(=O)/C=C/c2ccccc2)ccc1Cl. The van der Waals surface area contributed by atoms with Gasteiger partial charge in [0.05, 0.1) is 12.1 Å². The van der Waals surface area contributed by atoms with E-state index in [-0.39, 0.29) is 5.91 Å². The van der Waals surface area contributed by atoms with Gasteiger partial charge in [0.2, 0.25) is 5.91 Å². The second-order valence-electron chi connectivity index (χ2n) is 4.08. The van der Waals surface area contributed by atoms with E-state index in [9.17, 15) is 4.79 Å². The van der Waals surface area contributed by atoms with E-state index < -0.39 is 0 Å². The smallest absolute Gasteiger partial charge is 0.248 e. The molecule has 1 N–H and O–H groups in total. The van der Waals surface area contributed by atoms with E-state index in [1.807, 2.05) is 30.3 Å². The average molecular weight is 288 g/mol. The molecule has 0 aromatic heterocycles. The van der Waals surface area contributed by atoms with E-state index >= 15 is 0 Å². The third-order valence-electron chi connectivity index (χ3n) is 2.65. The number of benzene rings is 2. The molecule has 0 aliphatic heterocycles. The van der Waals surface area contributed by atoms with Crippen LogP contribution in [0.3, 0.4) is 0 Å². The van der Waals surface area contributed by atoms with Gasteiger partial charge in [-0.05, 0) is 23.8 Å². The van der Waals surface area contributed by atoms with E-state index in [1.54, 1.807) is 24.3 Å². The number of hydrogen-bond donors (Lipinski definition) is 1. The van der Waals surface area contributed by atoms with Gasteiger partial charge in [0.25, 0.3) is 0 Å². The Kier molecular flexibility index (Phi) is 4.80. The zero-order valence-electron chi connectivity index (χ0n) is 11.0. The van der Waals surface area contributed by atoms with E-state index in [2.05, 4.69) is 5.32 Å². The summed E-state index contributed by atoms with van der Waals surface area (Å²) in [6.07, 6.45) is 3.24. The predicted molar refractivity (Wildman–Crippen MR) is 82.1 cm³/mol. The van der Waals surface area contributed by atoms with Crippen LogP contribution in [-0.4, -0.2) is 13.0 Å². The molecule has 2 aromatic carbocycles. The number of carbonyl (C=O) groups excluding carboxylic acids is 1. The van der Waals surface area contributed by atoms with Gasteiger partial charge in [0, 0.05) is 17.8 Å². The monoisotopic (exact) mass is 287 g/mol. The van der Waals surface area contributed by atoms with Gasteiger partial charge in [-0.25, -0.2) is 0 Å². The number of amides is 1. The summed E-state index contributed by atoms with van der Waals surface area (Å²) in [5, 5.41) is 3.25. The topological polar surface area (TPSA) is 38.3 Å². The molecular formula is C16H14ClNO2. The van der Waals surface area contributed by atoms with Crippen molar-refractivity contribution in [3.05, 3.63) is 65.2 Å². The Balaban J connectivity index is 2.03. The van der Waals surface area contributed by atoms with Crippen molar-refractivity contribution in [3.8, 4) is 5.75 Å². The molecule has 102 valence electrons. The van der Waals surface area contributed by atoms with Crippen LogP contribution in [0.15, 0.2) is 54.6 Å². The Hall–Kier alpha value is -2.26. The van der Waals surface area contributed by atoms with Gasteiger partial charge in [-0.3, -0.25) is 4.79 Å². The van der Waals surface area contributed by atoms with Crippen LogP contribution in [0.5, 0.6) is 5.75 Å². The normalized spacial score (nSPS) is 10.5. The lowest BCUT2D eigenvalue weighted by atomic mass is 10.2. The summed E-state index contributed by atoms with van der Waals surface area (Å²) < 4.78 is 5.10. The minimum Gasteiger partial charge on any atom is -0.495 e. The number of rotatable bonds is 4. The van der Waals surface area contributed by atoms with Crippen LogP contribution < -0.4 is 10.1 Å². The number of nitrogens with one attached hydrogen (secondary N) is 1. The summed E-state index contributed by atoms with van der Waals surface area (Å²) in [5.41, 5.74) is 1.60. The van der Waals surface area contributed by atoms with Gasteiger partial charge in [-0.1, -0.05) is 41.9 Å². The molecular weight excluding hydrogens is 274 g/mol. The molecule has 0 spiro atoms. The van der Waals surface area contributed by atoms with E-state index in [0.29, 0.717) is 16.5 Å². The molecule has 0 radical (unpaired) electrons. The molecule has 0 fully saturated rings. The maximum atomic E-state index is 11.8. The molecule has 0 saturated heterocycles. The second kappa shape index (κ2) is 6.78. The third kappa shape index (κ3) is 3.87. The lowest BCUT2D eigenvalue weighted by molar-refractivity contribution is -0.111. The van der Waals surface area contributed by atoms with Crippen LogP contribution in [-0.2, 0) is 4.79 Å². The van der Waals surface area contributed by atoms with Crippen LogP contribution in [0.1, 0.15) is 5.56 Å². The molecule has 0 aliphatic carbocycles. The van der Waals surface area contributed by atoms with Crippen molar-refractivity contribution in [2.24, 2.45) is 0 Å². The first-order valence-corrected chi connectivity index (χ1v) is 6.44. The zero-order chi connectivity index (χ0) is 14.4. The molecule has 2 rings (SSSR count). The molecule has 20 heavy (non-hydrogen) atoms. The number of methoxy groups -OCH3 is 1. The Labute approximate surface area is 122 Å².